The van der Waals surface area contributed by atoms with Crippen molar-refractivity contribution in [2.24, 2.45) is 0 Å². The van der Waals surface area contributed by atoms with Gasteiger partial charge in [0.15, 0.2) is 0 Å². The van der Waals surface area contributed by atoms with Crippen LogP contribution in [0.3, 0.4) is 0 Å². The Kier molecular flexibility index (Phi) is 8.44. The Labute approximate surface area is 237 Å². The molecule has 0 atom stereocenters. The van der Waals surface area contributed by atoms with E-state index < -0.39 is 8.07 Å². The fourth-order valence-corrected chi connectivity index (χ4v) is 5.54. The van der Waals surface area contributed by atoms with Gasteiger partial charge in [0.1, 0.15) is 24.1 Å². The molecule has 0 radical (unpaired) electrons. The molecule has 0 spiro atoms. The van der Waals surface area contributed by atoms with Gasteiger partial charge in [-0.2, -0.15) is 5.10 Å². The number of aromatic nitrogens is 4. The van der Waals surface area contributed by atoms with Crippen molar-refractivity contribution in [1.82, 2.24) is 24.6 Å². The number of ether oxygens (including phenoxy) is 1. The summed E-state index contributed by atoms with van der Waals surface area (Å²) in [6.07, 6.45) is 3.74. The molecular weight excluding hydrogens is 519 g/mol. The molecule has 7 nitrogen and oxygen atoms in total. The molecule has 0 bridgehead atoms. The van der Waals surface area contributed by atoms with E-state index in [-0.39, 0.29) is 5.82 Å². The Morgan fingerprint density at radius 2 is 1.73 bits per heavy atom. The number of piperazine rings is 1. The first-order chi connectivity index (χ1) is 19.2. The van der Waals surface area contributed by atoms with Gasteiger partial charge >= 0.3 is 0 Å². The van der Waals surface area contributed by atoms with Crippen molar-refractivity contribution >= 4 is 13.9 Å². The first kappa shape index (κ1) is 28.1. The third kappa shape index (κ3) is 6.83. The number of benzene rings is 1. The lowest BCUT2D eigenvalue weighted by atomic mass is 9.98. The molecule has 9 heteroatoms. The molecular formula is C31H39FN6OSi. The predicted molar refractivity (Wildman–Crippen MR) is 163 cm³/mol. The summed E-state index contributed by atoms with van der Waals surface area (Å²) < 4.78 is 23.0. The molecule has 4 heterocycles. The summed E-state index contributed by atoms with van der Waals surface area (Å²) in [6, 6.07) is 16.2. The molecule has 5 rings (SSSR count). The minimum absolute atomic E-state index is 0.282. The summed E-state index contributed by atoms with van der Waals surface area (Å²) in [5.41, 5.74) is 5.45. The zero-order chi connectivity index (χ0) is 28.3. The Hall–Kier alpha value is -3.40. The van der Waals surface area contributed by atoms with E-state index >= 15 is 4.39 Å². The van der Waals surface area contributed by atoms with Crippen LogP contribution in [0, 0.1) is 12.7 Å². The largest absolute Gasteiger partial charge is 0.360 e. The molecule has 1 aromatic carbocycles. The predicted octanol–water partition coefficient (Wildman–Crippen LogP) is 6.19. The fourth-order valence-electron chi connectivity index (χ4n) is 4.78. The van der Waals surface area contributed by atoms with Crippen LogP contribution in [0.15, 0.2) is 60.9 Å². The lowest BCUT2D eigenvalue weighted by molar-refractivity contribution is 0.0787. The molecule has 0 unspecified atom stereocenters. The summed E-state index contributed by atoms with van der Waals surface area (Å²) >= 11 is 0. The standard InChI is InChI=1S/C31H39FN6OSi/c1-23-7-6-8-29(34-23)31-27(21-38(35-31)22-39-17-18-40(3,4)5)24-9-11-28(32)26(19-24)25-10-12-30(33-20-25)37-15-13-36(2)14-16-37/h6-12,19-21H,13-18,22H2,1-5H3. The monoisotopic (exact) mass is 558 g/mol. The van der Waals surface area contributed by atoms with Crippen LogP contribution < -0.4 is 4.90 Å². The Balaban J connectivity index is 1.44. The number of aryl methyl sites for hydroxylation is 1. The zero-order valence-electron chi connectivity index (χ0n) is 24.2. The molecule has 0 saturated carbocycles. The highest BCUT2D eigenvalue weighted by Crippen LogP contribution is 2.34. The zero-order valence-corrected chi connectivity index (χ0v) is 25.2. The average molecular weight is 559 g/mol. The van der Waals surface area contributed by atoms with Gasteiger partial charge in [0, 0.05) is 75.6 Å². The summed E-state index contributed by atoms with van der Waals surface area (Å²) in [7, 11) is 0.951. The quantitative estimate of drug-likeness (QED) is 0.180. The summed E-state index contributed by atoms with van der Waals surface area (Å²) in [5.74, 6) is 0.645. The van der Waals surface area contributed by atoms with Crippen molar-refractivity contribution in [2.45, 2.75) is 39.3 Å². The average Bonchev–Trinajstić information content (AvgIpc) is 3.36. The van der Waals surface area contributed by atoms with Crippen molar-refractivity contribution in [1.29, 1.82) is 0 Å². The van der Waals surface area contributed by atoms with Crippen LogP contribution in [0.1, 0.15) is 5.69 Å². The molecule has 0 N–H and O–H groups in total. The van der Waals surface area contributed by atoms with Crippen LogP contribution in [-0.4, -0.2) is 72.6 Å². The highest BCUT2D eigenvalue weighted by molar-refractivity contribution is 6.76. The van der Waals surface area contributed by atoms with E-state index in [1.54, 1.807) is 12.3 Å². The minimum Gasteiger partial charge on any atom is -0.360 e. The number of rotatable bonds is 9. The number of likely N-dealkylation sites (N-methyl/N-ethyl adjacent to an activating group) is 1. The molecule has 4 aromatic rings. The van der Waals surface area contributed by atoms with Crippen molar-refractivity contribution in [2.75, 3.05) is 44.7 Å². The number of hydrogen-bond acceptors (Lipinski definition) is 6. The maximum atomic E-state index is 15.2. The van der Waals surface area contributed by atoms with Crippen molar-refractivity contribution in [3.05, 3.63) is 72.4 Å². The summed E-state index contributed by atoms with van der Waals surface area (Å²) in [5, 5.41) is 4.85. The second-order valence-corrected chi connectivity index (χ2v) is 17.5. The third-order valence-electron chi connectivity index (χ3n) is 7.28. The Morgan fingerprint density at radius 3 is 2.42 bits per heavy atom. The van der Waals surface area contributed by atoms with E-state index in [1.807, 2.05) is 54.2 Å². The van der Waals surface area contributed by atoms with Crippen molar-refractivity contribution in [3.63, 3.8) is 0 Å². The Morgan fingerprint density at radius 1 is 0.950 bits per heavy atom. The number of nitrogens with zero attached hydrogens (tertiary/aromatic N) is 6. The SMILES string of the molecule is Cc1cccc(-c2nn(COCC[Si](C)(C)C)cc2-c2ccc(F)c(-c3ccc(N4CCN(C)CC4)nc3)c2)n1. The number of hydrogen-bond donors (Lipinski definition) is 0. The van der Waals surface area contributed by atoms with Gasteiger partial charge in [0.05, 0.1) is 5.69 Å². The van der Waals surface area contributed by atoms with E-state index in [4.69, 9.17) is 14.8 Å². The van der Waals surface area contributed by atoms with Gasteiger partial charge in [-0.05, 0) is 62.0 Å². The lowest BCUT2D eigenvalue weighted by Crippen LogP contribution is -2.44. The van der Waals surface area contributed by atoms with Crippen LogP contribution in [0.25, 0.3) is 33.6 Å². The van der Waals surface area contributed by atoms with Gasteiger partial charge in [-0.1, -0.05) is 31.8 Å². The molecule has 210 valence electrons. The number of anilines is 1. The summed E-state index contributed by atoms with van der Waals surface area (Å²) in [6.45, 7) is 13.9. The van der Waals surface area contributed by atoms with Gasteiger partial charge in [-0.3, -0.25) is 4.98 Å². The van der Waals surface area contributed by atoms with Crippen LogP contribution in [-0.2, 0) is 11.5 Å². The minimum atomic E-state index is -1.18. The third-order valence-corrected chi connectivity index (χ3v) is 8.98. The summed E-state index contributed by atoms with van der Waals surface area (Å²) in [4.78, 5) is 14.0. The maximum absolute atomic E-state index is 15.2. The first-order valence-electron chi connectivity index (χ1n) is 14.0. The number of pyridine rings is 2. The second kappa shape index (κ2) is 12.0. The molecule has 1 saturated heterocycles. The Bertz CT molecular complexity index is 1440. The molecule has 3 aromatic heterocycles. The topological polar surface area (TPSA) is 59.3 Å². The van der Waals surface area contributed by atoms with Crippen LogP contribution in [0.2, 0.25) is 25.7 Å². The van der Waals surface area contributed by atoms with Crippen molar-refractivity contribution < 1.29 is 9.13 Å². The van der Waals surface area contributed by atoms with Gasteiger partial charge in [-0.25, -0.2) is 14.1 Å². The molecule has 0 amide bonds. The molecule has 1 aliphatic heterocycles. The smallest absolute Gasteiger partial charge is 0.139 e. The van der Waals surface area contributed by atoms with E-state index in [0.717, 1.165) is 71.8 Å². The van der Waals surface area contributed by atoms with Crippen LogP contribution in [0.5, 0.6) is 0 Å². The molecule has 1 fully saturated rings. The first-order valence-corrected chi connectivity index (χ1v) is 17.7. The van der Waals surface area contributed by atoms with Gasteiger partial charge in [0.25, 0.3) is 0 Å². The number of halogens is 1. The molecule has 40 heavy (non-hydrogen) atoms. The van der Waals surface area contributed by atoms with E-state index in [0.29, 0.717) is 18.9 Å². The van der Waals surface area contributed by atoms with Crippen molar-refractivity contribution in [3.8, 4) is 33.6 Å². The maximum Gasteiger partial charge on any atom is 0.139 e. The lowest BCUT2D eigenvalue weighted by Gasteiger charge is -2.33. The van der Waals surface area contributed by atoms with Gasteiger partial charge in [0.2, 0.25) is 0 Å². The van der Waals surface area contributed by atoms with E-state index in [9.17, 15) is 0 Å². The highest BCUT2D eigenvalue weighted by Gasteiger charge is 2.19. The van der Waals surface area contributed by atoms with Gasteiger partial charge < -0.3 is 14.5 Å². The van der Waals surface area contributed by atoms with Gasteiger partial charge in [-0.15, -0.1) is 0 Å². The van der Waals surface area contributed by atoms with Crippen LogP contribution >= 0.6 is 0 Å². The molecule has 0 aliphatic carbocycles. The molecule has 1 aliphatic rings. The second-order valence-electron chi connectivity index (χ2n) is 11.8. The van der Waals surface area contributed by atoms with E-state index in [1.165, 1.54) is 6.07 Å². The van der Waals surface area contributed by atoms with E-state index in [2.05, 4.69) is 41.5 Å². The highest BCUT2D eigenvalue weighted by atomic mass is 28.3. The fraction of sp³-hybridized carbons (Fsp3) is 0.387. The van der Waals surface area contributed by atoms with Crippen LogP contribution in [0.4, 0.5) is 10.2 Å². The normalized spacial score (nSPS) is 14.6.